The molecule has 1 fully saturated rings. The van der Waals surface area contributed by atoms with Crippen molar-refractivity contribution in [1.29, 1.82) is 0 Å². The zero-order chi connectivity index (χ0) is 19.7. The third kappa shape index (κ3) is 3.66. The van der Waals surface area contributed by atoms with Gasteiger partial charge in [-0.2, -0.15) is 0 Å². The number of aliphatic imine (C=N–C) groups is 1. The highest BCUT2D eigenvalue weighted by Crippen LogP contribution is 2.47. The van der Waals surface area contributed by atoms with Crippen LogP contribution in [0.1, 0.15) is 34.6 Å². The van der Waals surface area contributed by atoms with Gasteiger partial charge in [-0.15, -0.1) is 11.3 Å². The minimum atomic E-state index is -0.588. The van der Waals surface area contributed by atoms with Gasteiger partial charge in [0.2, 0.25) is 0 Å². The number of carbonyl (C=O) groups excluding carboxylic acids is 1. The van der Waals surface area contributed by atoms with Crippen LogP contribution in [0.3, 0.4) is 0 Å². The van der Waals surface area contributed by atoms with Crippen LogP contribution in [0.15, 0.2) is 21.0 Å². The quantitative estimate of drug-likeness (QED) is 0.750. The average molecular weight is 424 g/mol. The van der Waals surface area contributed by atoms with Crippen molar-refractivity contribution in [1.82, 2.24) is 10.1 Å². The minimum absolute atomic E-state index is 0.170. The second kappa shape index (κ2) is 7.82. The Morgan fingerprint density at radius 2 is 2.39 bits per heavy atom. The number of carbonyl (C=O) groups is 1. The smallest absolute Gasteiger partial charge is 0.279 e. The summed E-state index contributed by atoms with van der Waals surface area (Å²) in [6.07, 6.45) is 1.08. The number of thioether (sulfide) groups is 1. The summed E-state index contributed by atoms with van der Waals surface area (Å²) >= 11 is 3.02. The summed E-state index contributed by atoms with van der Waals surface area (Å²) in [6, 6.07) is 1.54. The summed E-state index contributed by atoms with van der Waals surface area (Å²) in [5.41, 5.74) is 5.61. The molecule has 3 atom stereocenters. The molecule has 1 saturated heterocycles. The molecule has 11 heteroatoms. The first-order chi connectivity index (χ1) is 13.5. The Morgan fingerprint density at radius 3 is 3.21 bits per heavy atom. The van der Waals surface area contributed by atoms with Gasteiger partial charge in [0, 0.05) is 30.2 Å². The molecule has 0 saturated carbocycles. The largest absolute Gasteiger partial charge is 0.379 e. The number of hydrogen-bond donors (Lipinski definition) is 2. The molecule has 28 heavy (non-hydrogen) atoms. The van der Waals surface area contributed by atoms with Crippen LogP contribution in [-0.2, 0) is 21.6 Å². The Labute approximate surface area is 170 Å². The van der Waals surface area contributed by atoms with Crippen LogP contribution < -0.4 is 11.1 Å². The van der Waals surface area contributed by atoms with E-state index >= 15 is 0 Å². The number of aromatic nitrogens is 2. The zero-order valence-corrected chi connectivity index (χ0v) is 17.1. The van der Waals surface area contributed by atoms with Crippen molar-refractivity contribution in [2.45, 2.75) is 31.6 Å². The highest BCUT2D eigenvalue weighted by molar-refractivity contribution is 8.13. The van der Waals surface area contributed by atoms with E-state index in [1.54, 1.807) is 30.3 Å². The maximum atomic E-state index is 12.4. The number of hydrogen-bond acceptors (Lipinski definition) is 10. The lowest BCUT2D eigenvalue weighted by Gasteiger charge is -2.44. The van der Waals surface area contributed by atoms with Crippen molar-refractivity contribution in [2.75, 3.05) is 24.8 Å². The third-order valence-corrected chi connectivity index (χ3v) is 6.78. The SMILES string of the molecule is COCc1cc(C(=O)Nc2csc(C34COC(C)CC3CSC(N)=N4)n2)no1. The molecule has 3 N–H and O–H groups in total. The molecule has 0 radical (unpaired) electrons. The maximum Gasteiger partial charge on any atom is 0.279 e. The van der Waals surface area contributed by atoms with E-state index in [2.05, 4.69) is 22.4 Å². The topological polar surface area (TPSA) is 125 Å². The second-order valence-corrected chi connectivity index (χ2v) is 8.74. The Morgan fingerprint density at radius 1 is 1.54 bits per heavy atom. The van der Waals surface area contributed by atoms with E-state index in [9.17, 15) is 4.79 Å². The summed E-state index contributed by atoms with van der Waals surface area (Å²) in [6.45, 7) is 2.76. The average Bonchev–Trinajstić information content (AvgIpc) is 3.32. The van der Waals surface area contributed by atoms with Gasteiger partial charge in [-0.25, -0.2) is 9.98 Å². The van der Waals surface area contributed by atoms with Crippen LogP contribution in [0.4, 0.5) is 5.82 Å². The van der Waals surface area contributed by atoms with E-state index in [0.717, 1.165) is 17.2 Å². The number of rotatable bonds is 5. The molecule has 1 amide bonds. The highest BCUT2D eigenvalue weighted by Gasteiger charge is 2.49. The second-order valence-electron chi connectivity index (χ2n) is 6.84. The number of nitrogens with zero attached hydrogens (tertiary/aromatic N) is 3. The summed E-state index contributed by atoms with van der Waals surface area (Å²) in [5.74, 6) is 1.69. The number of fused-ring (bicyclic) bond motifs is 1. The van der Waals surface area contributed by atoms with Crippen molar-refractivity contribution >= 4 is 40.0 Å². The molecular formula is C17H21N5O4S2. The van der Waals surface area contributed by atoms with Crippen LogP contribution in [-0.4, -0.2) is 46.8 Å². The van der Waals surface area contributed by atoms with E-state index in [1.807, 2.05) is 0 Å². The predicted octanol–water partition coefficient (Wildman–Crippen LogP) is 2.21. The first kappa shape index (κ1) is 19.4. The summed E-state index contributed by atoms with van der Waals surface area (Å²) < 4.78 is 15.9. The van der Waals surface area contributed by atoms with E-state index in [4.69, 9.17) is 24.7 Å². The maximum absolute atomic E-state index is 12.4. The van der Waals surface area contributed by atoms with Crippen LogP contribution in [0, 0.1) is 5.92 Å². The van der Waals surface area contributed by atoms with Crippen LogP contribution >= 0.6 is 23.1 Å². The fourth-order valence-electron chi connectivity index (χ4n) is 3.42. The molecule has 2 aliphatic heterocycles. The van der Waals surface area contributed by atoms with E-state index in [-0.39, 0.29) is 24.3 Å². The normalized spacial score (nSPS) is 27.1. The molecule has 150 valence electrons. The van der Waals surface area contributed by atoms with Crippen LogP contribution in [0.25, 0.3) is 0 Å². The van der Waals surface area contributed by atoms with Gasteiger partial charge in [-0.05, 0) is 13.3 Å². The lowest BCUT2D eigenvalue weighted by Crippen LogP contribution is -2.49. The zero-order valence-electron chi connectivity index (χ0n) is 15.5. The number of nitrogens with one attached hydrogen (secondary N) is 1. The van der Waals surface area contributed by atoms with Gasteiger partial charge in [0.05, 0.1) is 12.7 Å². The van der Waals surface area contributed by atoms with Gasteiger partial charge >= 0.3 is 0 Å². The molecule has 9 nitrogen and oxygen atoms in total. The Hall–Kier alpha value is -1.95. The van der Waals surface area contributed by atoms with E-state index in [0.29, 0.717) is 23.4 Å². The molecule has 3 unspecified atom stereocenters. The van der Waals surface area contributed by atoms with Gasteiger partial charge in [-0.3, -0.25) is 4.79 Å². The minimum Gasteiger partial charge on any atom is -0.379 e. The molecule has 2 aliphatic rings. The first-order valence-electron chi connectivity index (χ1n) is 8.82. The lowest BCUT2D eigenvalue weighted by molar-refractivity contribution is -0.0466. The fourth-order valence-corrected chi connectivity index (χ4v) is 5.39. The number of amidine groups is 1. The molecule has 0 aliphatic carbocycles. The van der Waals surface area contributed by atoms with Crippen molar-refractivity contribution in [2.24, 2.45) is 16.6 Å². The van der Waals surface area contributed by atoms with Crippen molar-refractivity contribution < 1.29 is 18.8 Å². The monoisotopic (exact) mass is 423 g/mol. The van der Waals surface area contributed by atoms with E-state index in [1.165, 1.54) is 11.3 Å². The molecule has 0 bridgehead atoms. The number of ether oxygens (including phenoxy) is 2. The molecule has 2 aromatic heterocycles. The predicted molar refractivity (Wildman–Crippen MR) is 107 cm³/mol. The van der Waals surface area contributed by atoms with Gasteiger partial charge in [0.15, 0.2) is 16.6 Å². The number of thiazole rings is 1. The van der Waals surface area contributed by atoms with Crippen LogP contribution in [0.5, 0.6) is 0 Å². The lowest BCUT2D eigenvalue weighted by atomic mass is 9.80. The van der Waals surface area contributed by atoms with Gasteiger partial charge in [0.1, 0.15) is 23.0 Å². The van der Waals surface area contributed by atoms with Gasteiger partial charge in [0.25, 0.3) is 5.91 Å². The van der Waals surface area contributed by atoms with Gasteiger partial charge < -0.3 is 25.0 Å². The summed E-state index contributed by atoms with van der Waals surface area (Å²) in [4.78, 5) is 21.8. The van der Waals surface area contributed by atoms with Crippen molar-refractivity contribution in [3.63, 3.8) is 0 Å². The Kier molecular flexibility index (Phi) is 5.41. The molecule has 0 spiro atoms. The van der Waals surface area contributed by atoms with E-state index < -0.39 is 11.4 Å². The summed E-state index contributed by atoms with van der Waals surface area (Å²) in [5, 5.41) is 9.65. The fraction of sp³-hybridized carbons (Fsp3) is 0.529. The van der Waals surface area contributed by atoms with Crippen molar-refractivity contribution in [3.05, 3.63) is 27.9 Å². The molecular weight excluding hydrogens is 402 g/mol. The molecule has 2 aromatic rings. The highest BCUT2D eigenvalue weighted by atomic mass is 32.2. The molecule has 4 rings (SSSR count). The number of methoxy groups -OCH3 is 1. The third-order valence-electron chi connectivity index (χ3n) is 4.82. The molecule has 0 aromatic carbocycles. The summed E-state index contributed by atoms with van der Waals surface area (Å²) in [7, 11) is 1.54. The number of anilines is 1. The van der Waals surface area contributed by atoms with Crippen LogP contribution in [0.2, 0.25) is 0 Å². The molecule has 4 heterocycles. The first-order valence-corrected chi connectivity index (χ1v) is 10.7. The number of nitrogens with two attached hydrogens (primary N) is 1. The Bertz CT molecular complexity index is 898. The van der Waals surface area contributed by atoms with Crippen molar-refractivity contribution in [3.8, 4) is 0 Å². The van der Waals surface area contributed by atoms with Gasteiger partial charge in [-0.1, -0.05) is 16.9 Å². The number of amides is 1. The Balaban J connectivity index is 1.54. The standard InChI is InChI=1S/C17H21N5O4S2/c1-9-3-10-6-28-16(18)21-17(10,8-25-9)15-20-13(7-27-15)19-14(23)12-4-11(5-24-2)26-22-12/h4,7,9-10H,3,5-6,8H2,1-2H3,(H2,18,21)(H,19,23).